The maximum atomic E-state index is 3.81. The third kappa shape index (κ3) is 3.80. The van der Waals surface area contributed by atoms with E-state index >= 15 is 0 Å². The molecule has 1 unspecified atom stereocenters. The number of hydrogen-bond donors (Lipinski definition) is 0. The van der Waals surface area contributed by atoms with Gasteiger partial charge in [0.25, 0.3) is 0 Å². The second kappa shape index (κ2) is 5.26. The van der Waals surface area contributed by atoms with E-state index in [1.165, 1.54) is 32.1 Å². The standard InChI is InChI=1S/C13H22/c1-4-11(2)5-8-13-9-6-12(3)7-10-13/h4,8,11-12H,1,5-7,9-10H2,2-3H3. The molecule has 0 spiro atoms. The summed E-state index contributed by atoms with van der Waals surface area (Å²) in [4.78, 5) is 0. The predicted octanol–water partition coefficient (Wildman–Crippen LogP) is 4.34. The fourth-order valence-corrected chi connectivity index (χ4v) is 1.79. The maximum Gasteiger partial charge on any atom is -0.0230 e. The van der Waals surface area contributed by atoms with Crippen molar-refractivity contribution < 1.29 is 0 Å². The highest BCUT2D eigenvalue weighted by Crippen LogP contribution is 2.28. The summed E-state index contributed by atoms with van der Waals surface area (Å²) < 4.78 is 0. The Morgan fingerprint density at radius 1 is 1.46 bits per heavy atom. The fraction of sp³-hybridized carbons (Fsp3) is 0.692. The van der Waals surface area contributed by atoms with Gasteiger partial charge in [0.2, 0.25) is 0 Å². The van der Waals surface area contributed by atoms with Crippen molar-refractivity contribution in [3.63, 3.8) is 0 Å². The highest BCUT2D eigenvalue weighted by Gasteiger charge is 2.11. The van der Waals surface area contributed by atoms with Crippen molar-refractivity contribution >= 4 is 0 Å². The van der Waals surface area contributed by atoms with E-state index in [4.69, 9.17) is 0 Å². The molecule has 0 aromatic rings. The van der Waals surface area contributed by atoms with E-state index in [-0.39, 0.29) is 0 Å². The predicted molar refractivity (Wildman–Crippen MR) is 59.7 cm³/mol. The van der Waals surface area contributed by atoms with Crippen LogP contribution in [0.2, 0.25) is 0 Å². The van der Waals surface area contributed by atoms with Crippen molar-refractivity contribution in [2.75, 3.05) is 0 Å². The summed E-state index contributed by atoms with van der Waals surface area (Å²) in [5.74, 6) is 1.60. The molecule has 1 aliphatic rings. The molecule has 1 aliphatic carbocycles. The number of hydrogen-bond acceptors (Lipinski definition) is 0. The molecule has 0 radical (unpaired) electrons. The Kier molecular flexibility index (Phi) is 4.27. The van der Waals surface area contributed by atoms with Gasteiger partial charge in [0, 0.05) is 0 Å². The first-order valence-electron chi connectivity index (χ1n) is 5.53. The van der Waals surface area contributed by atoms with Gasteiger partial charge >= 0.3 is 0 Å². The largest absolute Gasteiger partial charge is 0.103 e. The van der Waals surface area contributed by atoms with Crippen LogP contribution in [0, 0.1) is 11.8 Å². The highest BCUT2D eigenvalue weighted by molar-refractivity contribution is 5.06. The first-order chi connectivity index (χ1) is 6.22. The van der Waals surface area contributed by atoms with E-state index in [0.717, 1.165) is 5.92 Å². The van der Waals surface area contributed by atoms with Crippen molar-refractivity contribution in [3.05, 3.63) is 24.3 Å². The lowest BCUT2D eigenvalue weighted by molar-refractivity contribution is 0.442. The third-order valence-electron chi connectivity index (χ3n) is 3.10. The van der Waals surface area contributed by atoms with E-state index in [9.17, 15) is 0 Å². The lowest BCUT2D eigenvalue weighted by Gasteiger charge is -2.20. The maximum absolute atomic E-state index is 3.81. The van der Waals surface area contributed by atoms with E-state index in [0.29, 0.717) is 5.92 Å². The molecule has 0 aromatic carbocycles. The van der Waals surface area contributed by atoms with Gasteiger partial charge in [-0.3, -0.25) is 0 Å². The van der Waals surface area contributed by atoms with Crippen molar-refractivity contribution in [3.8, 4) is 0 Å². The zero-order valence-corrected chi connectivity index (χ0v) is 9.05. The van der Waals surface area contributed by atoms with Crippen LogP contribution in [0.15, 0.2) is 24.3 Å². The van der Waals surface area contributed by atoms with Crippen LogP contribution in [0.25, 0.3) is 0 Å². The van der Waals surface area contributed by atoms with Crippen LogP contribution in [0.3, 0.4) is 0 Å². The Balaban J connectivity index is 2.31. The van der Waals surface area contributed by atoms with Gasteiger partial charge in [-0.05, 0) is 43.9 Å². The van der Waals surface area contributed by atoms with Gasteiger partial charge in [-0.1, -0.05) is 31.6 Å². The van der Waals surface area contributed by atoms with Crippen LogP contribution in [0.5, 0.6) is 0 Å². The first kappa shape index (κ1) is 10.6. The van der Waals surface area contributed by atoms with Gasteiger partial charge in [0.1, 0.15) is 0 Å². The summed E-state index contributed by atoms with van der Waals surface area (Å²) in [7, 11) is 0. The summed E-state index contributed by atoms with van der Waals surface area (Å²) in [6.45, 7) is 8.40. The van der Waals surface area contributed by atoms with Crippen molar-refractivity contribution in [1.82, 2.24) is 0 Å². The molecular weight excluding hydrogens is 156 g/mol. The van der Waals surface area contributed by atoms with Crippen LogP contribution in [-0.2, 0) is 0 Å². The van der Waals surface area contributed by atoms with Crippen LogP contribution >= 0.6 is 0 Å². The molecule has 0 amide bonds. The van der Waals surface area contributed by atoms with E-state index in [1.807, 2.05) is 6.08 Å². The molecule has 0 saturated heterocycles. The molecule has 74 valence electrons. The van der Waals surface area contributed by atoms with Gasteiger partial charge < -0.3 is 0 Å². The molecule has 0 heterocycles. The molecule has 0 heteroatoms. The van der Waals surface area contributed by atoms with Crippen LogP contribution in [0.1, 0.15) is 46.0 Å². The fourth-order valence-electron chi connectivity index (χ4n) is 1.79. The molecule has 1 saturated carbocycles. The average Bonchev–Trinajstić information content (AvgIpc) is 2.16. The minimum absolute atomic E-state index is 0.645. The van der Waals surface area contributed by atoms with Crippen molar-refractivity contribution in [1.29, 1.82) is 0 Å². The molecule has 0 N–H and O–H groups in total. The monoisotopic (exact) mass is 178 g/mol. The summed E-state index contributed by atoms with van der Waals surface area (Å²) in [5.41, 5.74) is 1.69. The SMILES string of the molecule is C=CC(C)CC=C1CCC(C)CC1. The van der Waals surface area contributed by atoms with Gasteiger partial charge in [-0.2, -0.15) is 0 Å². The average molecular weight is 178 g/mol. The Hall–Kier alpha value is -0.520. The molecule has 13 heavy (non-hydrogen) atoms. The van der Waals surface area contributed by atoms with Gasteiger partial charge in [0.15, 0.2) is 0 Å². The zero-order valence-electron chi connectivity index (χ0n) is 9.05. The molecule has 0 aromatic heterocycles. The van der Waals surface area contributed by atoms with Gasteiger partial charge in [-0.25, -0.2) is 0 Å². The summed E-state index contributed by atoms with van der Waals surface area (Å²) in [6.07, 6.45) is 11.1. The number of rotatable bonds is 3. The topological polar surface area (TPSA) is 0 Å². The van der Waals surface area contributed by atoms with Crippen LogP contribution in [-0.4, -0.2) is 0 Å². The molecule has 0 nitrogen and oxygen atoms in total. The van der Waals surface area contributed by atoms with E-state index in [2.05, 4.69) is 26.5 Å². The lowest BCUT2D eigenvalue weighted by Crippen LogP contribution is -2.04. The third-order valence-corrected chi connectivity index (χ3v) is 3.10. The minimum Gasteiger partial charge on any atom is -0.103 e. The molecule has 0 aliphatic heterocycles. The summed E-state index contributed by atoms with van der Waals surface area (Å²) in [5, 5.41) is 0. The Morgan fingerprint density at radius 2 is 2.08 bits per heavy atom. The van der Waals surface area contributed by atoms with Crippen molar-refractivity contribution in [2.24, 2.45) is 11.8 Å². The highest BCUT2D eigenvalue weighted by atomic mass is 14.2. The Labute approximate surface area is 82.7 Å². The van der Waals surface area contributed by atoms with E-state index in [1.54, 1.807) is 5.57 Å². The molecule has 1 fully saturated rings. The van der Waals surface area contributed by atoms with E-state index < -0.39 is 0 Å². The second-order valence-corrected chi connectivity index (χ2v) is 4.49. The van der Waals surface area contributed by atoms with Crippen LogP contribution in [0.4, 0.5) is 0 Å². The summed E-state index contributed by atoms with van der Waals surface area (Å²) >= 11 is 0. The molecule has 1 rings (SSSR count). The Morgan fingerprint density at radius 3 is 2.62 bits per heavy atom. The minimum atomic E-state index is 0.645. The van der Waals surface area contributed by atoms with Gasteiger partial charge in [0.05, 0.1) is 0 Å². The van der Waals surface area contributed by atoms with Gasteiger partial charge in [-0.15, -0.1) is 6.58 Å². The molecule has 1 atom stereocenters. The summed E-state index contributed by atoms with van der Waals surface area (Å²) in [6, 6.07) is 0. The Bertz CT molecular complexity index is 178. The molecule has 0 bridgehead atoms. The smallest absolute Gasteiger partial charge is 0.0230 e. The molecular formula is C13H22. The number of allylic oxidation sites excluding steroid dienone is 3. The quantitative estimate of drug-likeness (QED) is 0.564. The normalized spacial score (nSPS) is 25.4. The second-order valence-electron chi connectivity index (χ2n) is 4.49. The van der Waals surface area contributed by atoms with Crippen LogP contribution < -0.4 is 0 Å². The van der Waals surface area contributed by atoms with Crippen molar-refractivity contribution in [2.45, 2.75) is 46.0 Å². The zero-order chi connectivity index (χ0) is 9.68. The first-order valence-corrected chi connectivity index (χ1v) is 5.53. The lowest BCUT2D eigenvalue weighted by atomic mass is 9.86.